The predicted molar refractivity (Wildman–Crippen MR) is 106 cm³/mol. The molecule has 0 unspecified atom stereocenters. The highest BCUT2D eigenvalue weighted by atomic mass is 16.5. The number of carbonyl (C=O) groups is 1. The number of hydrogen-bond acceptors (Lipinski definition) is 6. The molecule has 1 N–H and O–H groups in total. The SMILES string of the molecule is COc1ccc(-n2nc(C(=O)N3CCC(OC)CC3)cc2-c2c[nH]c(C)n2)cn1. The first-order valence-electron chi connectivity index (χ1n) is 9.54. The molecular weight excluding hydrogens is 372 g/mol. The third-order valence-corrected chi connectivity index (χ3v) is 5.13. The van der Waals surface area contributed by atoms with Crippen LogP contribution in [0.3, 0.4) is 0 Å². The van der Waals surface area contributed by atoms with Crippen molar-refractivity contribution in [3.63, 3.8) is 0 Å². The molecule has 0 aromatic carbocycles. The first-order valence-corrected chi connectivity index (χ1v) is 9.54. The Bertz CT molecular complexity index is 986. The minimum absolute atomic E-state index is 0.0896. The van der Waals surface area contributed by atoms with E-state index in [2.05, 4.69) is 20.1 Å². The Morgan fingerprint density at radius 3 is 2.62 bits per heavy atom. The van der Waals surface area contributed by atoms with Crippen molar-refractivity contribution < 1.29 is 14.3 Å². The van der Waals surface area contributed by atoms with Crippen LogP contribution in [0.5, 0.6) is 5.88 Å². The number of imidazole rings is 1. The van der Waals surface area contributed by atoms with Crippen LogP contribution in [0.15, 0.2) is 30.6 Å². The summed E-state index contributed by atoms with van der Waals surface area (Å²) in [6.45, 7) is 3.20. The topological polar surface area (TPSA) is 98.2 Å². The minimum Gasteiger partial charge on any atom is -0.481 e. The molecule has 1 saturated heterocycles. The number of amides is 1. The van der Waals surface area contributed by atoms with Crippen LogP contribution in [0.25, 0.3) is 17.1 Å². The Hall–Kier alpha value is -3.20. The lowest BCUT2D eigenvalue weighted by Gasteiger charge is -2.30. The number of nitrogens with one attached hydrogen (secondary N) is 1. The molecule has 0 aliphatic carbocycles. The van der Waals surface area contributed by atoms with E-state index in [4.69, 9.17) is 9.47 Å². The van der Waals surface area contributed by atoms with Crippen LogP contribution >= 0.6 is 0 Å². The minimum atomic E-state index is -0.0896. The lowest BCUT2D eigenvalue weighted by Crippen LogP contribution is -2.40. The lowest BCUT2D eigenvalue weighted by molar-refractivity contribution is 0.0347. The van der Waals surface area contributed by atoms with Gasteiger partial charge >= 0.3 is 0 Å². The van der Waals surface area contributed by atoms with E-state index in [0.29, 0.717) is 30.4 Å². The Labute approximate surface area is 168 Å². The number of ether oxygens (including phenoxy) is 2. The summed E-state index contributed by atoms with van der Waals surface area (Å²) in [5, 5.41) is 4.60. The summed E-state index contributed by atoms with van der Waals surface area (Å²) in [4.78, 5) is 26.7. The summed E-state index contributed by atoms with van der Waals surface area (Å²) < 4.78 is 12.2. The third-order valence-electron chi connectivity index (χ3n) is 5.13. The zero-order valence-corrected chi connectivity index (χ0v) is 16.8. The van der Waals surface area contributed by atoms with Crippen molar-refractivity contribution >= 4 is 5.91 Å². The van der Waals surface area contributed by atoms with Crippen LogP contribution in [-0.2, 0) is 4.74 Å². The molecule has 4 heterocycles. The number of nitrogens with zero attached hydrogens (tertiary/aromatic N) is 5. The van der Waals surface area contributed by atoms with Crippen molar-refractivity contribution in [2.45, 2.75) is 25.9 Å². The molecule has 152 valence electrons. The molecule has 3 aromatic heterocycles. The predicted octanol–water partition coefficient (Wildman–Crippen LogP) is 2.23. The summed E-state index contributed by atoms with van der Waals surface area (Å²) in [7, 11) is 3.28. The average Bonchev–Trinajstić information content (AvgIpc) is 3.40. The number of carbonyl (C=O) groups excluding carboxylic acids is 1. The fourth-order valence-corrected chi connectivity index (χ4v) is 3.49. The van der Waals surface area contributed by atoms with Gasteiger partial charge in [0.15, 0.2) is 5.69 Å². The number of methoxy groups -OCH3 is 2. The monoisotopic (exact) mass is 396 g/mol. The van der Waals surface area contributed by atoms with Crippen molar-refractivity contribution in [1.29, 1.82) is 0 Å². The van der Waals surface area contributed by atoms with Gasteiger partial charge in [0.2, 0.25) is 5.88 Å². The van der Waals surface area contributed by atoms with Crippen LogP contribution in [0.1, 0.15) is 29.2 Å². The maximum Gasteiger partial charge on any atom is 0.274 e. The van der Waals surface area contributed by atoms with Gasteiger partial charge in [-0.2, -0.15) is 5.10 Å². The summed E-state index contributed by atoms with van der Waals surface area (Å²) in [6.07, 6.45) is 5.34. The van der Waals surface area contributed by atoms with E-state index in [1.807, 2.05) is 17.9 Å². The van der Waals surface area contributed by atoms with Crippen molar-refractivity contribution in [3.05, 3.63) is 42.1 Å². The molecule has 0 bridgehead atoms. The Balaban J connectivity index is 1.68. The first kappa shape index (κ1) is 19.1. The number of hydrogen-bond donors (Lipinski definition) is 1. The highest BCUT2D eigenvalue weighted by molar-refractivity contribution is 5.93. The maximum absolute atomic E-state index is 13.1. The quantitative estimate of drug-likeness (QED) is 0.710. The normalized spacial score (nSPS) is 14.9. The smallest absolute Gasteiger partial charge is 0.274 e. The van der Waals surface area contributed by atoms with Crippen molar-refractivity contribution in [2.24, 2.45) is 0 Å². The molecule has 1 amide bonds. The summed E-state index contributed by atoms with van der Waals surface area (Å²) in [5.74, 6) is 1.21. The number of aryl methyl sites for hydroxylation is 1. The van der Waals surface area contributed by atoms with Gasteiger partial charge < -0.3 is 19.4 Å². The zero-order chi connectivity index (χ0) is 20.4. The van der Waals surface area contributed by atoms with Gasteiger partial charge in [0.25, 0.3) is 5.91 Å². The number of piperidine rings is 1. The van der Waals surface area contributed by atoms with Gasteiger partial charge in [-0.1, -0.05) is 0 Å². The fraction of sp³-hybridized carbons (Fsp3) is 0.400. The van der Waals surface area contributed by atoms with Gasteiger partial charge in [-0.05, 0) is 31.9 Å². The van der Waals surface area contributed by atoms with E-state index < -0.39 is 0 Å². The van der Waals surface area contributed by atoms with Crippen LogP contribution in [0.4, 0.5) is 0 Å². The molecule has 29 heavy (non-hydrogen) atoms. The second kappa shape index (κ2) is 8.04. The molecule has 0 atom stereocenters. The largest absolute Gasteiger partial charge is 0.481 e. The Kier molecular flexibility index (Phi) is 5.30. The summed E-state index contributed by atoms with van der Waals surface area (Å²) in [5.41, 5.74) is 2.53. The zero-order valence-electron chi connectivity index (χ0n) is 16.8. The average molecular weight is 396 g/mol. The highest BCUT2D eigenvalue weighted by Gasteiger charge is 2.26. The lowest BCUT2D eigenvalue weighted by atomic mass is 10.1. The first-order chi connectivity index (χ1) is 14.1. The van der Waals surface area contributed by atoms with Crippen LogP contribution in [0, 0.1) is 6.92 Å². The molecule has 1 aliphatic heterocycles. The molecule has 0 radical (unpaired) electrons. The summed E-state index contributed by atoms with van der Waals surface area (Å²) >= 11 is 0. The van der Waals surface area contributed by atoms with Crippen LogP contribution in [0.2, 0.25) is 0 Å². The molecule has 0 saturated carbocycles. The van der Waals surface area contributed by atoms with E-state index >= 15 is 0 Å². The number of rotatable bonds is 5. The molecule has 4 rings (SSSR count). The van der Waals surface area contributed by atoms with Gasteiger partial charge in [-0.15, -0.1) is 0 Å². The number of aromatic nitrogens is 5. The highest BCUT2D eigenvalue weighted by Crippen LogP contribution is 2.25. The van der Waals surface area contributed by atoms with E-state index in [1.165, 1.54) is 0 Å². The number of aromatic amines is 1. The van der Waals surface area contributed by atoms with Crippen molar-refractivity contribution in [3.8, 4) is 23.0 Å². The van der Waals surface area contributed by atoms with Crippen LogP contribution < -0.4 is 4.74 Å². The molecular formula is C20H24N6O3. The molecule has 1 aliphatic rings. The molecule has 9 nitrogen and oxygen atoms in total. The van der Waals surface area contributed by atoms with E-state index in [-0.39, 0.29) is 12.0 Å². The second-order valence-corrected chi connectivity index (χ2v) is 6.98. The molecule has 1 fully saturated rings. The number of likely N-dealkylation sites (tertiary alicyclic amines) is 1. The van der Waals surface area contributed by atoms with Gasteiger partial charge in [0.05, 0.1) is 30.8 Å². The van der Waals surface area contributed by atoms with Gasteiger partial charge in [-0.3, -0.25) is 4.79 Å². The molecule has 9 heteroatoms. The van der Waals surface area contributed by atoms with Crippen molar-refractivity contribution in [1.82, 2.24) is 29.6 Å². The fourth-order valence-electron chi connectivity index (χ4n) is 3.49. The Morgan fingerprint density at radius 2 is 2.03 bits per heavy atom. The molecule has 0 spiro atoms. The molecule has 3 aromatic rings. The van der Waals surface area contributed by atoms with Gasteiger partial charge in [0.1, 0.15) is 11.5 Å². The van der Waals surface area contributed by atoms with E-state index in [0.717, 1.165) is 30.0 Å². The van der Waals surface area contributed by atoms with Crippen LogP contribution in [-0.4, -0.2) is 69.0 Å². The van der Waals surface area contributed by atoms with Gasteiger partial charge in [0, 0.05) is 32.5 Å². The standard InChI is InChI=1S/C20H24N6O3/c1-13-21-12-17(23-13)18-10-16(20(27)25-8-6-15(28-2)7-9-25)24-26(18)14-4-5-19(29-3)22-11-14/h4-5,10-12,15H,6-9H2,1-3H3,(H,21,23). The second-order valence-electron chi connectivity index (χ2n) is 6.98. The third kappa shape index (κ3) is 3.86. The number of pyridine rings is 1. The van der Waals surface area contributed by atoms with Crippen molar-refractivity contribution in [2.75, 3.05) is 27.3 Å². The van der Waals surface area contributed by atoms with E-state index in [9.17, 15) is 4.79 Å². The van der Waals surface area contributed by atoms with Gasteiger partial charge in [-0.25, -0.2) is 14.6 Å². The summed E-state index contributed by atoms with van der Waals surface area (Å²) in [6, 6.07) is 5.39. The number of H-pyrrole nitrogens is 1. The van der Waals surface area contributed by atoms with E-state index in [1.54, 1.807) is 43.4 Å². The Morgan fingerprint density at radius 1 is 1.24 bits per heavy atom. The maximum atomic E-state index is 13.1.